The van der Waals surface area contributed by atoms with Crippen LogP contribution in [-0.4, -0.2) is 0 Å². The molecule has 3 nitrogen and oxygen atoms in total. The molecule has 0 N–H and O–H groups in total. The lowest BCUT2D eigenvalue weighted by molar-refractivity contribution is 0.668. The van der Waals surface area contributed by atoms with Crippen LogP contribution in [-0.2, 0) is 0 Å². The largest absolute Gasteiger partial charge is 0.455 e. The van der Waals surface area contributed by atoms with Crippen molar-refractivity contribution in [2.24, 2.45) is 0 Å². The molecular weight excluding hydrogens is 839 g/mol. The summed E-state index contributed by atoms with van der Waals surface area (Å²) in [5.74, 6) is 0. The molecule has 0 saturated carbocycles. The van der Waals surface area contributed by atoms with Gasteiger partial charge in [0.25, 0.3) is 0 Å². The first kappa shape index (κ1) is 40.1. The number of nitrogens with zero attached hydrogens (tertiary/aromatic N) is 1. The Morgan fingerprint density at radius 1 is 0.246 bits per heavy atom. The van der Waals surface area contributed by atoms with Crippen molar-refractivity contribution in [3.63, 3.8) is 0 Å². The van der Waals surface area contributed by atoms with Crippen LogP contribution in [0.5, 0.6) is 0 Å². The molecule has 13 rings (SSSR count). The standard InChI is InChI=1S/C66H43NO2/c1-5-18-44(19-6-1)49-34-38-57-58-30-17-31-61(65(58)68-62(57)42-49)67(51-36-32-48(33-37-51)53-27-14-16-29-56(53)55-28-15-13-26-52(55)46-22-9-3-10-23-46)60-41-40-54(47-24-11-4-12-25-47)66-64(60)59-39-35-50(43-63(59)69-66)45-20-7-2-8-21-45/h1-43H. The third-order valence-corrected chi connectivity index (χ3v) is 13.5. The number of rotatable bonds is 9. The summed E-state index contributed by atoms with van der Waals surface area (Å²) in [6, 6.07) is 92.8. The molecule has 0 saturated heterocycles. The maximum atomic E-state index is 7.08. The van der Waals surface area contributed by atoms with E-state index in [1.54, 1.807) is 0 Å². The molecule has 0 aliphatic carbocycles. The van der Waals surface area contributed by atoms with Crippen LogP contribution in [0.4, 0.5) is 17.1 Å². The van der Waals surface area contributed by atoms with Gasteiger partial charge in [0, 0.05) is 27.4 Å². The normalized spacial score (nSPS) is 11.5. The Kier molecular flexibility index (Phi) is 9.84. The Hall–Kier alpha value is -9.18. The number of hydrogen-bond acceptors (Lipinski definition) is 3. The first-order valence-corrected chi connectivity index (χ1v) is 23.5. The van der Waals surface area contributed by atoms with Crippen molar-refractivity contribution in [3.05, 3.63) is 261 Å². The summed E-state index contributed by atoms with van der Waals surface area (Å²) in [5, 5.41) is 4.18. The van der Waals surface area contributed by atoms with Crippen molar-refractivity contribution in [3.8, 4) is 66.8 Å². The van der Waals surface area contributed by atoms with Crippen LogP contribution in [0.2, 0.25) is 0 Å². The zero-order valence-corrected chi connectivity index (χ0v) is 37.6. The molecule has 0 spiro atoms. The predicted molar refractivity (Wildman–Crippen MR) is 288 cm³/mol. The number of furan rings is 2. The fourth-order valence-electron chi connectivity index (χ4n) is 10.2. The molecule has 69 heavy (non-hydrogen) atoms. The molecule has 2 aromatic heterocycles. The van der Waals surface area contributed by atoms with Gasteiger partial charge in [-0.15, -0.1) is 0 Å². The van der Waals surface area contributed by atoms with Gasteiger partial charge in [-0.1, -0.05) is 206 Å². The zero-order valence-electron chi connectivity index (χ0n) is 37.6. The molecule has 0 atom stereocenters. The Bertz CT molecular complexity index is 3980. The van der Waals surface area contributed by atoms with Gasteiger partial charge in [0.2, 0.25) is 0 Å². The van der Waals surface area contributed by atoms with Crippen LogP contribution in [0.25, 0.3) is 111 Å². The monoisotopic (exact) mass is 881 g/mol. The third-order valence-electron chi connectivity index (χ3n) is 13.5. The van der Waals surface area contributed by atoms with E-state index in [9.17, 15) is 0 Å². The topological polar surface area (TPSA) is 29.5 Å². The summed E-state index contributed by atoms with van der Waals surface area (Å²) >= 11 is 0. The molecule has 0 bridgehead atoms. The minimum absolute atomic E-state index is 0.809. The molecule has 0 unspecified atom stereocenters. The minimum Gasteiger partial charge on any atom is -0.455 e. The smallest absolute Gasteiger partial charge is 0.159 e. The summed E-state index contributed by atoms with van der Waals surface area (Å²) < 4.78 is 14.1. The molecule has 324 valence electrons. The van der Waals surface area contributed by atoms with Crippen LogP contribution in [0, 0.1) is 0 Å². The fourth-order valence-corrected chi connectivity index (χ4v) is 10.2. The number of para-hydroxylation sites is 1. The lowest BCUT2D eigenvalue weighted by Crippen LogP contribution is -2.11. The van der Waals surface area contributed by atoms with E-state index in [4.69, 9.17) is 8.83 Å². The van der Waals surface area contributed by atoms with Crippen molar-refractivity contribution < 1.29 is 8.83 Å². The number of fused-ring (bicyclic) bond motifs is 6. The van der Waals surface area contributed by atoms with Gasteiger partial charge in [0.15, 0.2) is 5.58 Å². The van der Waals surface area contributed by atoms with Crippen molar-refractivity contribution >= 4 is 60.9 Å². The predicted octanol–water partition coefficient (Wildman–Crippen LogP) is 19.0. The highest BCUT2D eigenvalue weighted by Gasteiger charge is 2.26. The molecule has 3 heteroatoms. The highest BCUT2D eigenvalue weighted by atomic mass is 16.3. The summed E-state index contributed by atoms with van der Waals surface area (Å²) in [6.07, 6.45) is 0. The average Bonchev–Trinajstić information content (AvgIpc) is 4.01. The Morgan fingerprint density at radius 2 is 0.696 bits per heavy atom. The van der Waals surface area contributed by atoms with Crippen molar-refractivity contribution in [2.45, 2.75) is 0 Å². The summed E-state index contributed by atoms with van der Waals surface area (Å²) in [6.45, 7) is 0. The molecule has 0 aliphatic rings. The van der Waals surface area contributed by atoms with Gasteiger partial charge < -0.3 is 13.7 Å². The molecule has 2 heterocycles. The van der Waals surface area contributed by atoms with Gasteiger partial charge >= 0.3 is 0 Å². The first-order chi connectivity index (χ1) is 34.2. The molecule has 0 fully saturated rings. The van der Waals surface area contributed by atoms with Crippen LogP contribution in [0.3, 0.4) is 0 Å². The average molecular weight is 882 g/mol. The molecule has 0 radical (unpaired) electrons. The first-order valence-electron chi connectivity index (χ1n) is 23.5. The molecular formula is C66H43NO2. The molecule has 11 aromatic carbocycles. The van der Waals surface area contributed by atoms with Crippen LogP contribution in [0.15, 0.2) is 270 Å². The molecule has 13 aromatic rings. The van der Waals surface area contributed by atoms with Gasteiger partial charge in [-0.3, -0.25) is 0 Å². The second-order valence-corrected chi connectivity index (χ2v) is 17.6. The number of benzene rings is 11. The molecule has 0 amide bonds. The zero-order chi connectivity index (χ0) is 45.7. The van der Waals surface area contributed by atoms with Gasteiger partial charge in [-0.05, 0) is 116 Å². The molecule has 0 aliphatic heterocycles. The quantitative estimate of drug-likeness (QED) is 0.145. The van der Waals surface area contributed by atoms with E-state index in [1.165, 1.54) is 22.3 Å². The van der Waals surface area contributed by atoms with E-state index < -0.39 is 0 Å². The van der Waals surface area contributed by atoms with E-state index in [0.717, 1.165) is 105 Å². The fraction of sp³-hybridized carbons (Fsp3) is 0. The van der Waals surface area contributed by atoms with Gasteiger partial charge in [-0.2, -0.15) is 0 Å². The SMILES string of the molecule is c1ccc(-c2ccc3c(c2)oc2c(N(c4ccc(-c5ccccc5-c5ccccc5-c5ccccc5)cc4)c4ccc(-c5ccccc5)c5oc6cc(-c7ccccc7)ccc6c45)cccc23)cc1. The second-order valence-electron chi connectivity index (χ2n) is 17.6. The summed E-state index contributed by atoms with van der Waals surface area (Å²) in [4.78, 5) is 2.36. The van der Waals surface area contributed by atoms with Crippen molar-refractivity contribution in [1.82, 2.24) is 0 Å². The lowest BCUT2D eigenvalue weighted by atomic mass is 9.89. The minimum atomic E-state index is 0.809. The van der Waals surface area contributed by atoms with Gasteiger partial charge in [-0.25, -0.2) is 0 Å². The summed E-state index contributed by atoms with van der Waals surface area (Å²) in [5.41, 5.74) is 19.9. The maximum Gasteiger partial charge on any atom is 0.159 e. The van der Waals surface area contributed by atoms with Crippen molar-refractivity contribution in [1.29, 1.82) is 0 Å². The van der Waals surface area contributed by atoms with E-state index >= 15 is 0 Å². The highest BCUT2D eigenvalue weighted by Crippen LogP contribution is 2.50. The van der Waals surface area contributed by atoms with Crippen molar-refractivity contribution in [2.75, 3.05) is 4.90 Å². The van der Waals surface area contributed by atoms with Crippen LogP contribution >= 0.6 is 0 Å². The van der Waals surface area contributed by atoms with E-state index in [-0.39, 0.29) is 0 Å². The lowest BCUT2D eigenvalue weighted by Gasteiger charge is -2.27. The van der Waals surface area contributed by atoms with Crippen LogP contribution in [0.1, 0.15) is 0 Å². The second kappa shape index (κ2) is 16.9. The summed E-state index contributed by atoms with van der Waals surface area (Å²) in [7, 11) is 0. The van der Waals surface area contributed by atoms with E-state index in [1.807, 2.05) is 0 Å². The number of anilines is 3. The van der Waals surface area contributed by atoms with Crippen LogP contribution < -0.4 is 4.90 Å². The Balaban J connectivity index is 1.03. The van der Waals surface area contributed by atoms with E-state index in [0.29, 0.717) is 0 Å². The van der Waals surface area contributed by atoms with Gasteiger partial charge in [0.05, 0.1) is 16.8 Å². The highest BCUT2D eigenvalue weighted by molar-refractivity contribution is 6.19. The Morgan fingerprint density at radius 3 is 1.28 bits per heavy atom. The van der Waals surface area contributed by atoms with Gasteiger partial charge in [0.1, 0.15) is 16.7 Å². The third kappa shape index (κ3) is 7.08. The Labute approximate surface area is 400 Å². The van der Waals surface area contributed by atoms with E-state index in [2.05, 4.69) is 266 Å². The maximum absolute atomic E-state index is 7.08. The number of hydrogen-bond donors (Lipinski definition) is 0.